The molecule has 0 bridgehead atoms. The third-order valence-electron chi connectivity index (χ3n) is 15.8. The molecule has 3 heterocycles. The number of hydrogen-bond acceptors (Lipinski definition) is 16. The Morgan fingerprint density at radius 3 is 1.02 bits per heavy atom. The van der Waals surface area contributed by atoms with Crippen molar-refractivity contribution < 1.29 is 76.3 Å². The van der Waals surface area contributed by atoms with Gasteiger partial charge >= 0.3 is 0 Å². The number of amides is 2. The fourth-order valence-electron chi connectivity index (χ4n) is 11.4. The van der Waals surface area contributed by atoms with Crippen LogP contribution in [0.25, 0.3) is 0 Å². The van der Waals surface area contributed by atoms with Gasteiger partial charge in [-0.2, -0.15) is 0 Å². The zero-order valence-electron chi connectivity index (χ0n) is 51.0. The normalized spacial score (nSPS) is 26.7. The molecule has 90 heavy (non-hydrogen) atoms. The Bertz CT molecular complexity index is 3170. The third kappa shape index (κ3) is 19.0. The molecule has 18 heteroatoms. The molecular formula is C72H82N2O16. The Morgan fingerprint density at radius 1 is 0.356 bits per heavy atom. The zero-order valence-corrected chi connectivity index (χ0v) is 51.0. The highest BCUT2D eigenvalue weighted by Gasteiger charge is 2.57. The minimum absolute atomic E-state index is 0.0278. The Balaban J connectivity index is 1.04. The molecule has 0 aliphatic carbocycles. The zero-order chi connectivity index (χ0) is 62.3. The standard InChI is InChI=1S/C72H82N2O16/c1-49(75)73-61-66(83-43-55-33-19-8-20-34-55)63(77)58(46-79-39-51-25-11-4-12-26-51)86-70(61)89-65-60(48-81-41-53-29-15-6-16-30-53)87-71(62(74-50(2)76)67(65)84-44-56-35-21-9-22-36-56)90-69-68(85-45-57-37-23-10-24-38-57)64(82-42-54-31-17-7-18-32-54)59(88-72(69)78-3)47-80-40-52-27-13-5-14-28-52/h4-38,58-72,77H,39-48H2,1-3H3,(H,73,75)(H,74,76)/t58-,59+,60+,61-,62+,63-,64-,65-,66+,67-,68-,69+,70-,71-,72+/m0/s1. The summed E-state index contributed by atoms with van der Waals surface area (Å²) in [6, 6.07) is 65.5. The lowest BCUT2D eigenvalue weighted by atomic mass is 9.93. The molecular weight excluding hydrogens is 1150 g/mol. The van der Waals surface area contributed by atoms with Gasteiger partial charge in [-0.25, -0.2) is 0 Å². The average molecular weight is 1230 g/mol. The Labute approximate surface area is 526 Å². The van der Waals surface area contributed by atoms with Crippen LogP contribution in [0.3, 0.4) is 0 Å². The molecule has 7 aromatic carbocycles. The number of ether oxygens (including phenoxy) is 13. The monoisotopic (exact) mass is 1230 g/mol. The van der Waals surface area contributed by atoms with E-state index in [9.17, 15) is 14.7 Å². The molecule has 0 radical (unpaired) electrons. The molecule has 3 aliphatic rings. The van der Waals surface area contributed by atoms with Crippen LogP contribution < -0.4 is 10.6 Å². The van der Waals surface area contributed by atoms with Crippen LogP contribution in [0.2, 0.25) is 0 Å². The van der Waals surface area contributed by atoms with E-state index >= 15 is 0 Å². The van der Waals surface area contributed by atoms with Gasteiger partial charge in [0.2, 0.25) is 11.8 Å². The number of benzene rings is 7. The molecule has 3 aliphatic heterocycles. The van der Waals surface area contributed by atoms with E-state index in [2.05, 4.69) is 10.6 Å². The molecule has 3 N–H and O–H groups in total. The van der Waals surface area contributed by atoms with Crippen molar-refractivity contribution >= 4 is 11.8 Å². The molecule has 7 aromatic rings. The maximum atomic E-state index is 13.9. The summed E-state index contributed by atoms with van der Waals surface area (Å²) in [5, 5.41) is 18.5. The molecule has 0 saturated carbocycles. The van der Waals surface area contributed by atoms with Gasteiger partial charge in [-0.3, -0.25) is 9.59 Å². The minimum atomic E-state index is -1.38. The van der Waals surface area contributed by atoms with E-state index in [0.29, 0.717) is 6.61 Å². The van der Waals surface area contributed by atoms with E-state index in [4.69, 9.17) is 61.6 Å². The Kier molecular flexibility index (Phi) is 25.2. The van der Waals surface area contributed by atoms with Crippen molar-refractivity contribution in [1.82, 2.24) is 10.6 Å². The molecule has 0 unspecified atom stereocenters. The second-order valence-electron chi connectivity index (χ2n) is 22.6. The molecule has 0 spiro atoms. The highest BCUT2D eigenvalue weighted by molar-refractivity contribution is 5.73. The number of hydrogen-bond donors (Lipinski definition) is 3. The summed E-state index contributed by atoms with van der Waals surface area (Å²) in [5.41, 5.74) is 6.22. The minimum Gasteiger partial charge on any atom is -0.388 e. The predicted octanol–water partition coefficient (Wildman–Crippen LogP) is 8.94. The van der Waals surface area contributed by atoms with Gasteiger partial charge in [-0.1, -0.05) is 212 Å². The highest BCUT2D eigenvalue weighted by Crippen LogP contribution is 2.38. The molecule has 18 nitrogen and oxygen atoms in total. The number of methoxy groups -OCH3 is 1. The number of rotatable bonds is 31. The van der Waals surface area contributed by atoms with Gasteiger partial charge in [0.05, 0.1) is 66.1 Å². The van der Waals surface area contributed by atoms with Gasteiger partial charge in [0.1, 0.15) is 73.1 Å². The van der Waals surface area contributed by atoms with Crippen molar-refractivity contribution in [2.24, 2.45) is 0 Å². The molecule has 2 amide bonds. The molecule has 3 saturated heterocycles. The fraction of sp³-hybridized carbons (Fsp3) is 0.389. The van der Waals surface area contributed by atoms with Crippen LogP contribution >= 0.6 is 0 Å². The molecule has 0 aromatic heterocycles. The molecule has 15 atom stereocenters. The van der Waals surface area contributed by atoms with Crippen LogP contribution in [0.1, 0.15) is 52.8 Å². The second-order valence-corrected chi connectivity index (χ2v) is 22.6. The number of carbonyl (C=O) groups is 2. The van der Waals surface area contributed by atoms with Gasteiger partial charge in [0.25, 0.3) is 0 Å². The van der Waals surface area contributed by atoms with Crippen LogP contribution in [0.5, 0.6) is 0 Å². The summed E-state index contributed by atoms with van der Waals surface area (Å²) in [7, 11) is 1.52. The molecule has 476 valence electrons. The lowest BCUT2D eigenvalue weighted by molar-refractivity contribution is -0.375. The van der Waals surface area contributed by atoms with Crippen LogP contribution in [0.4, 0.5) is 0 Å². The second kappa shape index (κ2) is 34.4. The van der Waals surface area contributed by atoms with Crippen LogP contribution in [-0.2, 0) is 117 Å². The van der Waals surface area contributed by atoms with E-state index in [1.807, 2.05) is 212 Å². The van der Waals surface area contributed by atoms with Crippen molar-refractivity contribution in [3.8, 4) is 0 Å². The van der Waals surface area contributed by atoms with Crippen molar-refractivity contribution in [3.63, 3.8) is 0 Å². The predicted molar refractivity (Wildman–Crippen MR) is 332 cm³/mol. The fourth-order valence-corrected chi connectivity index (χ4v) is 11.4. The van der Waals surface area contributed by atoms with Gasteiger partial charge in [0, 0.05) is 21.0 Å². The summed E-state index contributed by atoms with van der Waals surface area (Å²) in [6.45, 7) is 3.75. The summed E-state index contributed by atoms with van der Waals surface area (Å²) in [5.74, 6) is -0.885. The molecule has 10 rings (SSSR count). The van der Waals surface area contributed by atoms with E-state index < -0.39 is 104 Å². The summed E-state index contributed by atoms with van der Waals surface area (Å²) in [6.07, 6.45) is -14.5. The van der Waals surface area contributed by atoms with E-state index in [-0.39, 0.29) is 59.5 Å². The van der Waals surface area contributed by atoms with Crippen LogP contribution in [-0.4, -0.2) is 136 Å². The quantitative estimate of drug-likeness (QED) is 0.0372. The number of carbonyl (C=O) groups excluding carboxylic acids is 2. The van der Waals surface area contributed by atoms with Crippen LogP contribution in [0, 0.1) is 0 Å². The maximum absolute atomic E-state index is 13.9. The topological polar surface area (TPSA) is 198 Å². The summed E-state index contributed by atoms with van der Waals surface area (Å²) in [4.78, 5) is 27.4. The van der Waals surface area contributed by atoms with Gasteiger partial charge in [-0.15, -0.1) is 0 Å². The van der Waals surface area contributed by atoms with Crippen molar-refractivity contribution in [3.05, 3.63) is 251 Å². The van der Waals surface area contributed by atoms with Gasteiger partial charge in [0.15, 0.2) is 18.9 Å². The Hall–Kier alpha value is -7.08. The first-order valence-corrected chi connectivity index (χ1v) is 30.6. The number of aliphatic hydroxyl groups is 1. The first kappa shape index (κ1) is 65.9. The van der Waals surface area contributed by atoms with E-state index in [1.54, 1.807) is 0 Å². The molecule has 3 fully saturated rings. The maximum Gasteiger partial charge on any atom is 0.217 e. The number of nitrogens with one attached hydrogen (secondary N) is 2. The lowest BCUT2D eigenvalue weighted by Crippen LogP contribution is -2.71. The van der Waals surface area contributed by atoms with E-state index in [1.165, 1.54) is 21.0 Å². The number of aliphatic hydroxyl groups excluding tert-OH is 1. The largest absolute Gasteiger partial charge is 0.388 e. The lowest BCUT2D eigenvalue weighted by Gasteiger charge is -2.51. The summed E-state index contributed by atoms with van der Waals surface area (Å²) < 4.78 is 89.0. The van der Waals surface area contributed by atoms with Gasteiger partial charge in [-0.05, 0) is 38.9 Å². The van der Waals surface area contributed by atoms with Crippen LogP contribution in [0.15, 0.2) is 212 Å². The smallest absolute Gasteiger partial charge is 0.217 e. The highest BCUT2D eigenvalue weighted by atomic mass is 16.8. The Morgan fingerprint density at radius 2 is 0.644 bits per heavy atom. The van der Waals surface area contributed by atoms with Gasteiger partial charge < -0.3 is 77.3 Å². The first-order chi connectivity index (χ1) is 44.1. The average Bonchev–Trinajstić information content (AvgIpc) is 0.853. The third-order valence-corrected chi connectivity index (χ3v) is 15.8. The SMILES string of the molecule is CO[C@@H]1O[C@H](COCc2ccccc2)[C@H](OCc2ccccc2)[C@H](OCc2ccccc2)[C@H]1O[C@@H]1O[C@H](COCc2ccccc2)[C@H](O[C@@H]2O[C@@H](COCc3ccccc3)[C@H](O)[C@H](OCc3ccccc3)[C@@H]2NC(C)=O)[C@@H](OCc2ccccc2)[C@H]1NC(C)=O. The summed E-state index contributed by atoms with van der Waals surface area (Å²) >= 11 is 0. The van der Waals surface area contributed by atoms with E-state index in [0.717, 1.165) is 38.9 Å². The van der Waals surface area contributed by atoms with Crippen molar-refractivity contribution in [2.45, 2.75) is 152 Å². The van der Waals surface area contributed by atoms with Crippen molar-refractivity contribution in [1.29, 1.82) is 0 Å². The van der Waals surface area contributed by atoms with Crippen molar-refractivity contribution in [2.75, 3.05) is 26.9 Å². The first-order valence-electron chi connectivity index (χ1n) is 30.6.